The third-order valence-electron chi connectivity index (χ3n) is 2.20. The van der Waals surface area contributed by atoms with E-state index >= 15 is 0 Å². The molecule has 1 N–H and O–H groups in total. The van der Waals surface area contributed by atoms with E-state index in [9.17, 15) is 4.79 Å². The number of aryl methyl sites for hydroxylation is 1. The van der Waals surface area contributed by atoms with Crippen molar-refractivity contribution in [2.75, 3.05) is 7.11 Å². The molecule has 14 heavy (non-hydrogen) atoms. The molecule has 0 aliphatic carbocycles. The van der Waals surface area contributed by atoms with Gasteiger partial charge in [-0.25, -0.2) is 4.79 Å². The largest absolute Gasteiger partial charge is 0.465 e. The normalized spacial score (nSPS) is 10.4. The summed E-state index contributed by atoms with van der Waals surface area (Å²) in [5, 5.41) is 0.914. The highest BCUT2D eigenvalue weighted by Crippen LogP contribution is 2.20. The summed E-state index contributed by atoms with van der Waals surface area (Å²) in [6.07, 6.45) is 0. The first-order valence-corrected chi connectivity index (χ1v) is 4.39. The molecule has 0 aliphatic heterocycles. The molecule has 3 nitrogen and oxygen atoms in total. The van der Waals surface area contributed by atoms with Gasteiger partial charge in [0.25, 0.3) is 0 Å². The second-order valence-electron chi connectivity index (χ2n) is 3.21. The van der Waals surface area contributed by atoms with Gasteiger partial charge in [-0.15, -0.1) is 0 Å². The van der Waals surface area contributed by atoms with Crippen LogP contribution < -0.4 is 0 Å². The highest BCUT2D eigenvalue weighted by Gasteiger charge is 2.10. The van der Waals surface area contributed by atoms with Crippen molar-refractivity contribution in [3.8, 4) is 0 Å². The van der Waals surface area contributed by atoms with Crippen LogP contribution in [0.25, 0.3) is 10.9 Å². The highest BCUT2D eigenvalue weighted by molar-refractivity contribution is 6.03. The molecular formula is C11H11NO2. The van der Waals surface area contributed by atoms with Gasteiger partial charge in [0.2, 0.25) is 0 Å². The van der Waals surface area contributed by atoms with Crippen molar-refractivity contribution in [2.45, 2.75) is 6.92 Å². The zero-order valence-corrected chi connectivity index (χ0v) is 8.13. The van der Waals surface area contributed by atoms with E-state index in [0.29, 0.717) is 5.56 Å². The average Bonchev–Trinajstić information content (AvgIpc) is 2.56. The van der Waals surface area contributed by atoms with Crippen LogP contribution in [-0.2, 0) is 4.74 Å². The molecule has 0 bridgehead atoms. The van der Waals surface area contributed by atoms with E-state index in [-0.39, 0.29) is 5.97 Å². The van der Waals surface area contributed by atoms with Crippen molar-refractivity contribution in [1.29, 1.82) is 0 Å². The Morgan fingerprint density at radius 2 is 2.21 bits per heavy atom. The van der Waals surface area contributed by atoms with Gasteiger partial charge in [0.05, 0.1) is 12.7 Å². The smallest absolute Gasteiger partial charge is 0.338 e. The molecule has 0 atom stereocenters. The lowest BCUT2D eigenvalue weighted by atomic mass is 10.1. The molecule has 0 fully saturated rings. The summed E-state index contributed by atoms with van der Waals surface area (Å²) in [4.78, 5) is 14.6. The first kappa shape index (κ1) is 8.81. The Morgan fingerprint density at radius 3 is 2.93 bits per heavy atom. The molecule has 0 saturated heterocycles. The topological polar surface area (TPSA) is 42.1 Å². The highest BCUT2D eigenvalue weighted by atomic mass is 16.5. The van der Waals surface area contributed by atoms with Gasteiger partial charge in [-0.2, -0.15) is 0 Å². The Bertz CT molecular complexity index is 485. The predicted octanol–water partition coefficient (Wildman–Crippen LogP) is 2.26. The fourth-order valence-corrected chi connectivity index (χ4v) is 1.58. The molecule has 72 valence electrons. The monoisotopic (exact) mass is 189 g/mol. The summed E-state index contributed by atoms with van der Waals surface area (Å²) in [5.41, 5.74) is 2.61. The third kappa shape index (κ3) is 1.27. The van der Waals surface area contributed by atoms with Gasteiger partial charge in [0.1, 0.15) is 0 Å². The summed E-state index contributed by atoms with van der Waals surface area (Å²) in [7, 11) is 1.39. The van der Waals surface area contributed by atoms with Gasteiger partial charge in [0, 0.05) is 16.6 Å². The summed E-state index contributed by atoms with van der Waals surface area (Å²) in [6, 6.07) is 7.49. The second-order valence-corrected chi connectivity index (χ2v) is 3.21. The maximum atomic E-state index is 11.4. The number of fused-ring (bicyclic) bond motifs is 1. The maximum Gasteiger partial charge on any atom is 0.338 e. The van der Waals surface area contributed by atoms with Gasteiger partial charge < -0.3 is 9.72 Å². The molecule has 0 radical (unpaired) electrons. The number of hydrogen-bond donors (Lipinski definition) is 1. The number of aromatic nitrogens is 1. The van der Waals surface area contributed by atoms with Crippen LogP contribution in [-0.4, -0.2) is 18.1 Å². The van der Waals surface area contributed by atoms with Crippen LogP contribution in [0.4, 0.5) is 0 Å². The second kappa shape index (κ2) is 3.18. The number of benzene rings is 1. The zero-order valence-electron chi connectivity index (χ0n) is 8.13. The summed E-state index contributed by atoms with van der Waals surface area (Å²) in [5.74, 6) is -0.297. The zero-order chi connectivity index (χ0) is 10.1. The molecule has 0 amide bonds. The van der Waals surface area contributed by atoms with Crippen LogP contribution in [0.1, 0.15) is 16.1 Å². The number of hydrogen-bond acceptors (Lipinski definition) is 2. The lowest BCUT2D eigenvalue weighted by Gasteiger charge is -1.99. The van der Waals surface area contributed by atoms with Crippen LogP contribution in [0.3, 0.4) is 0 Å². The standard InChI is InChI=1S/C11H11NO2/c1-7-6-9-8(11(13)14-2)4-3-5-10(9)12-7/h3-6,12H,1-2H3. The molecule has 1 aromatic heterocycles. The van der Waals surface area contributed by atoms with Crippen LogP contribution in [0.15, 0.2) is 24.3 Å². The van der Waals surface area contributed by atoms with E-state index < -0.39 is 0 Å². The first-order chi connectivity index (χ1) is 6.72. The van der Waals surface area contributed by atoms with Crippen molar-refractivity contribution in [1.82, 2.24) is 4.98 Å². The molecule has 2 rings (SSSR count). The fourth-order valence-electron chi connectivity index (χ4n) is 1.58. The first-order valence-electron chi connectivity index (χ1n) is 4.39. The Morgan fingerprint density at radius 1 is 1.43 bits per heavy atom. The number of ether oxygens (including phenoxy) is 1. The Labute approximate surface area is 81.7 Å². The summed E-state index contributed by atoms with van der Waals surface area (Å²) >= 11 is 0. The van der Waals surface area contributed by atoms with Crippen LogP contribution >= 0.6 is 0 Å². The third-order valence-corrected chi connectivity index (χ3v) is 2.20. The van der Waals surface area contributed by atoms with Crippen molar-refractivity contribution in [3.05, 3.63) is 35.5 Å². The van der Waals surface area contributed by atoms with Gasteiger partial charge >= 0.3 is 5.97 Å². The van der Waals surface area contributed by atoms with E-state index in [1.165, 1.54) is 7.11 Å². The summed E-state index contributed by atoms with van der Waals surface area (Å²) in [6.45, 7) is 1.96. The van der Waals surface area contributed by atoms with Crippen molar-refractivity contribution in [2.24, 2.45) is 0 Å². The molecule has 0 spiro atoms. The molecule has 0 unspecified atom stereocenters. The van der Waals surface area contributed by atoms with E-state index in [1.54, 1.807) is 6.07 Å². The van der Waals surface area contributed by atoms with E-state index in [0.717, 1.165) is 16.6 Å². The Hall–Kier alpha value is -1.77. The number of carbonyl (C=O) groups is 1. The Kier molecular flexibility index (Phi) is 2.00. The lowest BCUT2D eigenvalue weighted by Crippen LogP contribution is -2.00. The van der Waals surface area contributed by atoms with Crippen LogP contribution in [0.2, 0.25) is 0 Å². The van der Waals surface area contributed by atoms with Gasteiger partial charge in [-0.05, 0) is 25.1 Å². The minimum Gasteiger partial charge on any atom is -0.465 e. The number of aromatic amines is 1. The van der Waals surface area contributed by atoms with Crippen LogP contribution in [0, 0.1) is 6.92 Å². The molecule has 0 saturated carbocycles. The van der Waals surface area contributed by atoms with E-state index in [1.807, 2.05) is 25.1 Å². The number of H-pyrrole nitrogens is 1. The molecule has 1 aromatic carbocycles. The average molecular weight is 189 g/mol. The summed E-state index contributed by atoms with van der Waals surface area (Å²) < 4.78 is 4.70. The maximum absolute atomic E-state index is 11.4. The fraction of sp³-hybridized carbons (Fsp3) is 0.182. The number of methoxy groups -OCH3 is 1. The molecule has 1 heterocycles. The van der Waals surface area contributed by atoms with Crippen LogP contribution in [0.5, 0.6) is 0 Å². The minimum absolute atomic E-state index is 0.297. The molecule has 2 aromatic rings. The molecule has 0 aliphatic rings. The SMILES string of the molecule is COC(=O)c1cccc2[nH]c(C)cc12. The van der Waals surface area contributed by atoms with Gasteiger partial charge in [-0.3, -0.25) is 0 Å². The Balaban J connectivity index is 2.70. The molecular weight excluding hydrogens is 178 g/mol. The van der Waals surface area contributed by atoms with Crippen molar-refractivity contribution >= 4 is 16.9 Å². The van der Waals surface area contributed by atoms with E-state index in [2.05, 4.69) is 4.98 Å². The van der Waals surface area contributed by atoms with Gasteiger partial charge in [0.15, 0.2) is 0 Å². The quantitative estimate of drug-likeness (QED) is 0.699. The predicted molar refractivity (Wildman–Crippen MR) is 54.4 cm³/mol. The number of carbonyl (C=O) groups excluding carboxylic acids is 1. The van der Waals surface area contributed by atoms with Crippen molar-refractivity contribution < 1.29 is 9.53 Å². The molecule has 3 heteroatoms. The van der Waals surface area contributed by atoms with Crippen molar-refractivity contribution in [3.63, 3.8) is 0 Å². The minimum atomic E-state index is -0.297. The number of esters is 1. The number of rotatable bonds is 1. The number of nitrogens with one attached hydrogen (secondary N) is 1. The lowest BCUT2D eigenvalue weighted by molar-refractivity contribution is 0.0603. The van der Waals surface area contributed by atoms with E-state index in [4.69, 9.17) is 4.74 Å². The van der Waals surface area contributed by atoms with Gasteiger partial charge in [-0.1, -0.05) is 6.07 Å².